The molecule has 8 nitrogen and oxygen atoms in total. The van der Waals surface area contributed by atoms with Gasteiger partial charge in [-0.25, -0.2) is 10.2 Å². The van der Waals surface area contributed by atoms with Gasteiger partial charge in [0.25, 0.3) is 11.8 Å². The summed E-state index contributed by atoms with van der Waals surface area (Å²) >= 11 is 0. The molecule has 8 heteroatoms. The first-order valence-electron chi connectivity index (χ1n) is 10.2. The van der Waals surface area contributed by atoms with E-state index in [4.69, 9.17) is 0 Å². The van der Waals surface area contributed by atoms with E-state index in [0.717, 1.165) is 36.9 Å². The van der Waals surface area contributed by atoms with Gasteiger partial charge in [0.15, 0.2) is 12.4 Å². The van der Waals surface area contributed by atoms with Crippen molar-refractivity contribution in [3.8, 4) is 0 Å². The Morgan fingerprint density at radius 1 is 0.933 bits per heavy atom. The molecule has 3 rings (SSSR count). The first-order valence-corrected chi connectivity index (χ1v) is 10.2. The normalized spacial score (nSPS) is 13.9. The topological polar surface area (TPSA) is 103 Å². The third-order valence-corrected chi connectivity index (χ3v) is 5.04. The maximum Gasteiger partial charge on any atom is 0.333 e. The monoisotopic (exact) mass is 410 g/mol. The number of hydrogen-bond donors (Lipinski definition) is 4. The van der Waals surface area contributed by atoms with Crippen molar-refractivity contribution in [1.29, 1.82) is 0 Å². The molecular weight excluding hydrogens is 382 g/mol. The third-order valence-electron chi connectivity index (χ3n) is 5.04. The highest BCUT2D eigenvalue weighted by molar-refractivity contribution is 5.95. The molecule has 0 bridgehead atoms. The highest BCUT2D eigenvalue weighted by atomic mass is 16.2. The maximum absolute atomic E-state index is 12.2. The predicted molar refractivity (Wildman–Crippen MR) is 112 cm³/mol. The molecule has 0 unspecified atom stereocenters. The summed E-state index contributed by atoms with van der Waals surface area (Å²) in [4.78, 5) is 36.3. The number of aryl methyl sites for hydroxylation is 1. The number of rotatable bonds is 5. The van der Waals surface area contributed by atoms with Gasteiger partial charge in [-0.05, 0) is 31.9 Å². The van der Waals surface area contributed by atoms with E-state index in [1.807, 2.05) is 31.2 Å². The average molecular weight is 410 g/mol. The fraction of sp³-hybridized carbons (Fsp3) is 0.364. The lowest BCUT2D eigenvalue weighted by Crippen LogP contribution is -2.50. The van der Waals surface area contributed by atoms with Gasteiger partial charge in [-0.3, -0.25) is 15.0 Å². The molecule has 0 saturated heterocycles. The van der Waals surface area contributed by atoms with Crippen LogP contribution in [0.15, 0.2) is 48.8 Å². The van der Waals surface area contributed by atoms with E-state index < -0.39 is 11.9 Å². The molecular formula is C22H28N5O3+. The van der Waals surface area contributed by atoms with Crippen LogP contribution in [0.5, 0.6) is 0 Å². The fourth-order valence-corrected chi connectivity index (χ4v) is 3.37. The summed E-state index contributed by atoms with van der Waals surface area (Å²) in [7, 11) is 0. The van der Waals surface area contributed by atoms with Crippen molar-refractivity contribution in [1.82, 2.24) is 16.2 Å². The summed E-state index contributed by atoms with van der Waals surface area (Å²) in [5.41, 5.74) is 7.02. The Labute approximate surface area is 176 Å². The number of carbonyl (C=O) groups excluding carboxylic acids is 3. The first-order chi connectivity index (χ1) is 14.5. The zero-order chi connectivity index (χ0) is 21.3. The second-order valence-electron chi connectivity index (χ2n) is 7.56. The van der Waals surface area contributed by atoms with Crippen LogP contribution in [0.2, 0.25) is 0 Å². The summed E-state index contributed by atoms with van der Waals surface area (Å²) in [6.07, 6.45) is 8.67. The van der Waals surface area contributed by atoms with Crippen LogP contribution in [-0.4, -0.2) is 23.9 Å². The fourth-order valence-electron chi connectivity index (χ4n) is 3.37. The molecule has 1 aromatic heterocycles. The van der Waals surface area contributed by atoms with Gasteiger partial charge in [0.05, 0.1) is 5.56 Å². The predicted octanol–water partition coefficient (Wildman–Crippen LogP) is 2.20. The number of aromatic nitrogens is 1. The molecule has 0 atom stereocenters. The number of pyridine rings is 1. The minimum atomic E-state index is -0.426. The number of nitrogens with zero attached hydrogens (tertiary/aromatic N) is 1. The van der Waals surface area contributed by atoms with Crippen LogP contribution >= 0.6 is 0 Å². The van der Waals surface area contributed by atoms with E-state index in [2.05, 4.69) is 21.5 Å². The van der Waals surface area contributed by atoms with Crippen LogP contribution < -0.4 is 26.1 Å². The Hall–Kier alpha value is -3.42. The summed E-state index contributed by atoms with van der Waals surface area (Å²) < 4.78 is 1.67. The quantitative estimate of drug-likeness (QED) is 0.449. The molecule has 2 aromatic rings. The van der Waals surface area contributed by atoms with Crippen LogP contribution in [0.1, 0.15) is 48.0 Å². The van der Waals surface area contributed by atoms with Gasteiger partial charge in [0.1, 0.15) is 0 Å². The zero-order valence-corrected chi connectivity index (χ0v) is 17.1. The van der Waals surface area contributed by atoms with Gasteiger partial charge in [0.2, 0.25) is 6.54 Å². The van der Waals surface area contributed by atoms with Crippen molar-refractivity contribution in [3.05, 3.63) is 59.9 Å². The standard InChI is InChI=1S/C22H27N5O3/c1-16-7-9-19(10-8-16)23-20(28)15-27-13-11-17(12-14-27)21(29)25-26-22(30)24-18-5-3-2-4-6-18/h7-14,18H,2-6,15H2,1H3,(H3,23,24,28,29,30)/p+1. The van der Waals surface area contributed by atoms with Crippen LogP contribution in [-0.2, 0) is 11.3 Å². The number of nitrogens with one attached hydrogen (secondary N) is 4. The number of benzene rings is 1. The molecule has 1 aliphatic carbocycles. The Kier molecular flexibility index (Phi) is 7.37. The number of hydrazine groups is 1. The van der Waals surface area contributed by atoms with Crippen molar-refractivity contribution in [3.63, 3.8) is 0 Å². The van der Waals surface area contributed by atoms with Crippen molar-refractivity contribution in [2.45, 2.75) is 51.6 Å². The highest BCUT2D eigenvalue weighted by Gasteiger charge is 2.16. The number of urea groups is 1. The second-order valence-corrected chi connectivity index (χ2v) is 7.56. The first kappa shape index (κ1) is 21.3. The van der Waals surface area contributed by atoms with Crippen molar-refractivity contribution in [2.75, 3.05) is 5.32 Å². The second kappa shape index (κ2) is 10.4. The van der Waals surface area contributed by atoms with Gasteiger partial charge in [-0.15, -0.1) is 0 Å². The van der Waals surface area contributed by atoms with E-state index in [1.54, 1.807) is 29.1 Å². The smallest absolute Gasteiger partial charge is 0.333 e. The number of anilines is 1. The lowest BCUT2D eigenvalue weighted by Gasteiger charge is -2.22. The maximum atomic E-state index is 12.2. The van der Waals surface area contributed by atoms with E-state index >= 15 is 0 Å². The lowest BCUT2D eigenvalue weighted by atomic mass is 9.96. The van der Waals surface area contributed by atoms with Gasteiger partial charge >= 0.3 is 6.03 Å². The molecule has 0 aliphatic heterocycles. The van der Waals surface area contributed by atoms with Crippen molar-refractivity contribution >= 4 is 23.5 Å². The minimum Gasteiger partial charge on any atom is -0.334 e. The lowest BCUT2D eigenvalue weighted by molar-refractivity contribution is -0.684. The summed E-state index contributed by atoms with van der Waals surface area (Å²) in [5, 5.41) is 5.69. The van der Waals surface area contributed by atoms with Crippen LogP contribution in [0.4, 0.5) is 10.5 Å². The number of hydrogen-bond acceptors (Lipinski definition) is 3. The van der Waals surface area contributed by atoms with Crippen LogP contribution in [0.3, 0.4) is 0 Å². The molecule has 1 saturated carbocycles. The molecule has 1 heterocycles. The summed E-state index contributed by atoms with van der Waals surface area (Å²) in [5.74, 6) is -0.591. The Morgan fingerprint density at radius 3 is 2.27 bits per heavy atom. The third kappa shape index (κ3) is 6.58. The Bertz CT molecular complexity index is 875. The SMILES string of the molecule is Cc1ccc(NC(=O)C[n+]2ccc(C(=O)NNC(=O)NC3CCCCC3)cc2)cc1. The summed E-state index contributed by atoms with van der Waals surface area (Å²) in [6.45, 7) is 2.11. The van der Waals surface area contributed by atoms with Crippen molar-refractivity contribution in [2.24, 2.45) is 0 Å². The largest absolute Gasteiger partial charge is 0.334 e. The van der Waals surface area contributed by atoms with E-state index in [9.17, 15) is 14.4 Å². The van der Waals surface area contributed by atoms with Crippen LogP contribution in [0.25, 0.3) is 0 Å². The molecule has 0 radical (unpaired) electrons. The van der Waals surface area contributed by atoms with Gasteiger partial charge < -0.3 is 10.6 Å². The molecule has 0 spiro atoms. The van der Waals surface area contributed by atoms with Gasteiger partial charge in [-0.2, -0.15) is 4.57 Å². The molecule has 158 valence electrons. The summed E-state index contributed by atoms with van der Waals surface area (Å²) in [6, 6.07) is 10.5. The molecule has 4 N–H and O–H groups in total. The number of amides is 4. The van der Waals surface area contributed by atoms with E-state index in [-0.39, 0.29) is 18.5 Å². The Morgan fingerprint density at radius 2 is 1.60 bits per heavy atom. The van der Waals surface area contributed by atoms with E-state index in [0.29, 0.717) is 5.56 Å². The molecule has 1 aromatic carbocycles. The van der Waals surface area contributed by atoms with Gasteiger partial charge in [-0.1, -0.05) is 37.0 Å². The van der Waals surface area contributed by atoms with E-state index in [1.165, 1.54) is 6.42 Å². The van der Waals surface area contributed by atoms with Gasteiger partial charge in [0, 0.05) is 23.9 Å². The average Bonchev–Trinajstić information content (AvgIpc) is 2.75. The Balaban J connectivity index is 1.43. The molecule has 1 aliphatic rings. The van der Waals surface area contributed by atoms with Crippen LogP contribution in [0, 0.1) is 6.92 Å². The molecule has 30 heavy (non-hydrogen) atoms. The molecule has 4 amide bonds. The highest BCUT2D eigenvalue weighted by Crippen LogP contribution is 2.17. The number of carbonyl (C=O) groups is 3. The molecule has 1 fully saturated rings. The van der Waals surface area contributed by atoms with Crippen molar-refractivity contribution < 1.29 is 19.0 Å². The minimum absolute atomic E-state index is 0.123. The zero-order valence-electron chi connectivity index (χ0n) is 17.1.